The molecule has 1 aromatic carbocycles. The van der Waals surface area contributed by atoms with E-state index in [1.807, 2.05) is 0 Å². The molecule has 1 amide bonds. The van der Waals surface area contributed by atoms with Gasteiger partial charge in [-0.1, -0.05) is 11.8 Å². The maximum atomic E-state index is 13.1. The predicted molar refractivity (Wildman–Crippen MR) is 76.9 cm³/mol. The Balaban J connectivity index is 2.02. The van der Waals surface area contributed by atoms with E-state index in [0.717, 1.165) is 30.0 Å². The van der Waals surface area contributed by atoms with Crippen LogP contribution in [-0.4, -0.2) is 27.7 Å². The third kappa shape index (κ3) is 4.26. The molecule has 0 aliphatic heterocycles. The predicted octanol–water partition coefficient (Wildman–Crippen LogP) is 2.79. The first-order valence-corrected chi connectivity index (χ1v) is 7.01. The number of hydrogen-bond donors (Lipinski definition) is 2. The molecule has 0 atom stereocenters. The third-order valence-corrected chi connectivity index (χ3v) is 3.45. The summed E-state index contributed by atoms with van der Waals surface area (Å²) < 4.78 is 25.9. The van der Waals surface area contributed by atoms with Crippen LogP contribution in [0.4, 0.5) is 14.5 Å². The first-order chi connectivity index (χ1) is 10.5. The number of carboxylic acid groups (broad SMARTS) is 1. The Morgan fingerprint density at radius 3 is 2.55 bits per heavy atom. The van der Waals surface area contributed by atoms with Crippen molar-refractivity contribution in [2.45, 2.75) is 5.03 Å². The molecule has 2 N–H and O–H groups in total. The summed E-state index contributed by atoms with van der Waals surface area (Å²) in [5, 5.41) is 11.5. The number of amides is 1. The minimum absolute atomic E-state index is 0.0248. The highest BCUT2D eigenvalue weighted by Crippen LogP contribution is 2.17. The molecular formula is C14H10F2N2O3S. The van der Waals surface area contributed by atoms with Crippen LogP contribution in [0.1, 0.15) is 10.4 Å². The van der Waals surface area contributed by atoms with E-state index in [1.54, 1.807) is 6.07 Å². The zero-order valence-corrected chi connectivity index (χ0v) is 11.9. The van der Waals surface area contributed by atoms with Crippen LogP contribution in [0.3, 0.4) is 0 Å². The lowest BCUT2D eigenvalue weighted by atomic mass is 10.2. The van der Waals surface area contributed by atoms with Gasteiger partial charge in [0.1, 0.15) is 0 Å². The molecule has 22 heavy (non-hydrogen) atoms. The van der Waals surface area contributed by atoms with Crippen LogP contribution in [0, 0.1) is 11.6 Å². The van der Waals surface area contributed by atoms with Gasteiger partial charge >= 0.3 is 5.97 Å². The molecule has 8 heteroatoms. The zero-order chi connectivity index (χ0) is 16.1. The minimum atomic E-state index is -1.11. The lowest BCUT2D eigenvalue weighted by Crippen LogP contribution is -2.12. The fourth-order valence-electron chi connectivity index (χ4n) is 1.52. The summed E-state index contributed by atoms with van der Waals surface area (Å²) in [5.74, 6) is -3.81. The van der Waals surface area contributed by atoms with Crippen molar-refractivity contribution in [2.75, 3.05) is 11.1 Å². The van der Waals surface area contributed by atoms with Crippen LogP contribution < -0.4 is 5.32 Å². The van der Waals surface area contributed by atoms with Crippen molar-refractivity contribution in [3.63, 3.8) is 0 Å². The lowest BCUT2D eigenvalue weighted by molar-refractivity contribution is -0.133. The van der Waals surface area contributed by atoms with E-state index >= 15 is 0 Å². The number of benzene rings is 1. The number of thioether (sulfide) groups is 1. The zero-order valence-electron chi connectivity index (χ0n) is 11.0. The molecule has 0 bridgehead atoms. The van der Waals surface area contributed by atoms with Crippen LogP contribution in [-0.2, 0) is 4.79 Å². The number of anilines is 1. The normalized spacial score (nSPS) is 10.3. The number of rotatable bonds is 5. The molecule has 5 nitrogen and oxygen atoms in total. The molecule has 1 aromatic heterocycles. The van der Waals surface area contributed by atoms with E-state index in [1.165, 1.54) is 12.3 Å². The van der Waals surface area contributed by atoms with Crippen LogP contribution >= 0.6 is 11.8 Å². The van der Waals surface area contributed by atoms with Gasteiger partial charge in [0.2, 0.25) is 0 Å². The number of nitrogens with one attached hydrogen (secondary N) is 1. The van der Waals surface area contributed by atoms with Crippen molar-refractivity contribution in [2.24, 2.45) is 0 Å². The van der Waals surface area contributed by atoms with Gasteiger partial charge < -0.3 is 10.4 Å². The van der Waals surface area contributed by atoms with Crippen molar-refractivity contribution in [1.82, 2.24) is 4.98 Å². The number of halogens is 2. The summed E-state index contributed by atoms with van der Waals surface area (Å²) in [4.78, 5) is 26.3. The molecule has 0 saturated carbocycles. The first kappa shape index (κ1) is 15.9. The van der Waals surface area contributed by atoms with E-state index in [2.05, 4.69) is 10.3 Å². The Hall–Kier alpha value is -2.48. The van der Waals surface area contributed by atoms with Crippen molar-refractivity contribution >= 4 is 29.3 Å². The number of pyridine rings is 1. The van der Waals surface area contributed by atoms with E-state index in [-0.39, 0.29) is 11.3 Å². The van der Waals surface area contributed by atoms with Crippen molar-refractivity contribution in [3.8, 4) is 0 Å². The molecule has 2 aromatic rings. The number of aliphatic carboxylic acids is 1. The average molecular weight is 324 g/mol. The quantitative estimate of drug-likeness (QED) is 0.827. The summed E-state index contributed by atoms with van der Waals surface area (Å²) >= 11 is 1.04. The number of nitrogens with zero attached hydrogens (tertiary/aromatic N) is 1. The number of aromatic nitrogens is 1. The van der Waals surface area contributed by atoms with Crippen LogP contribution in [0.2, 0.25) is 0 Å². The van der Waals surface area contributed by atoms with Gasteiger partial charge in [-0.15, -0.1) is 0 Å². The number of carbonyl (C=O) groups excluding carboxylic acids is 1. The van der Waals surface area contributed by atoms with Gasteiger partial charge in [-0.3, -0.25) is 9.59 Å². The second kappa shape index (κ2) is 6.99. The van der Waals surface area contributed by atoms with E-state index in [9.17, 15) is 18.4 Å². The molecule has 114 valence electrons. The first-order valence-electron chi connectivity index (χ1n) is 6.03. The van der Waals surface area contributed by atoms with Gasteiger partial charge in [0, 0.05) is 5.56 Å². The largest absolute Gasteiger partial charge is 0.481 e. The summed E-state index contributed by atoms with van der Waals surface area (Å²) in [6, 6.07) is 5.92. The molecule has 0 aliphatic rings. The van der Waals surface area contributed by atoms with E-state index in [0.29, 0.717) is 10.7 Å². The molecule has 0 spiro atoms. The van der Waals surface area contributed by atoms with Gasteiger partial charge in [-0.05, 0) is 30.3 Å². The molecule has 2 rings (SSSR count). The van der Waals surface area contributed by atoms with Crippen LogP contribution in [0.15, 0.2) is 41.6 Å². The summed E-state index contributed by atoms with van der Waals surface area (Å²) in [5.41, 5.74) is 0.331. The second-order valence-corrected chi connectivity index (χ2v) is 5.15. The monoisotopic (exact) mass is 324 g/mol. The standard InChI is InChI=1S/C14H10F2N2O3S/c15-10-3-1-8(5-11(10)16)14(21)18-9-2-4-12(17-6-9)22-7-13(19)20/h1-6H,7H2,(H,18,21)(H,19,20). The van der Waals surface area contributed by atoms with Crippen molar-refractivity contribution in [1.29, 1.82) is 0 Å². The highest BCUT2D eigenvalue weighted by atomic mass is 32.2. The molecule has 1 heterocycles. The topological polar surface area (TPSA) is 79.3 Å². The summed E-state index contributed by atoms with van der Waals surface area (Å²) in [6.07, 6.45) is 1.35. The van der Waals surface area contributed by atoms with E-state index < -0.39 is 23.5 Å². The molecule has 0 aliphatic carbocycles. The third-order valence-electron chi connectivity index (χ3n) is 2.52. The van der Waals surface area contributed by atoms with Gasteiger partial charge in [-0.25, -0.2) is 13.8 Å². The molecule has 0 radical (unpaired) electrons. The Labute approximate surface area is 128 Å². The van der Waals surface area contributed by atoms with Gasteiger partial charge in [-0.2, -0.15) is 0 Å². The number of carbonyl (C=O) groups is 2. The number of hydrogen-bond acceptors (Lipinski definition) is 4. The van der Waals surface area contributed by atoms with Gasteiger partial charge in [0.15, 0.2) is 11.6 Å². The number of carboxylic acids is 1. The van der Waals surface area contributed by atoms with Gasteiger partial charge in [0.25, 0.3) is 5.91 Å². The highest BCUT2D eigenvalue weighted by Gasteiger charge is 2.10. The lowest BCUT2D eigenvalue weighted by Gasteiger charge is -2.06. The Bertz CT molecular complexity index is 708. The Morgan fingerprint density at radius 1 is 1.18 bits per heavy atom. The Kier molecular flexibility index (Phi) is 5.05. The fourth-order valence-corrected chi connectivity index (χ4v) is 2.08. The Morgan fingerprint density at radius 2 is 1.95 bits per heavy atom. The molecule has 0 saturated heterocycles. The molecule has 0 fully saturated rings. The maximum Gasteiger partial charge on any atom is 0.313 e. The molecule has 0 unspecified atom stereocenters. The maximum absolute atomic E-state index is 13.1. The van der Waals surface area contributed by atoms with Crippen LogP contribution in [0.5, 0.6) is 0 Å². The van der Waals surface area contributed by atoms with Crippen molar-refractivity contribution < 1.29 is 23.5 Å². The summed E-state index contributed by atoms with van der Waals surface area (Å²) in [6.45, 7) is 0. The minimum Gasteiger partial charge on any atom is -0.481 e. The second-order valence-electron chi connectivity index (χ2n) is 4.15. The highest BCUT2D eigenvalue weighted by molar-refractivity contribution is 7.99. The summed E-state index contributed by atoms with van der Waals surface area (Å²) in [7, 11) is 0. The van der Waals surface area contributed by atoms with Gasteiger partial charge in [0.05, 0.1) is 22.7 Å². The smallest absolute Gasteiger partial charge is 0.313 e. The van der Waals surface area contributed by atoms with Crippen LogP contribution in [0.25, 0.3) is 0 Å². The SMILES string of the molecule is O=C(O)CSc1ccc(NC(=O)c2ccc(F)c(F)c2)cn1. The molecular weight excluding hydrogens is 314 g/mol. The van der Waals surface area contributed by atoms with Crippen molar-refractivity contribution in [3.05, 3.63) is 53.7 Å². The van der Waals surface area contributed by atoms with E-state index in [4.69, 9.17) is 5.11 Å². The fraction of sp³-hybridized carbons (Fsp3) is 0.0714. The average Bonchev–Trinajstić information content (AvgIpc) is 2.49.